The standard InChI is InChI=1S/C22H29N9O3S2/c1-15-11-17(35-18(15)14-29-3-5-31(6-4-29)36(2,32)33)20-26-19(16-12-24-21(23)25-13-16)27-22(28-20)30-7-9-34-10-8-30/h11-13H,3-10,14H2,1-2H3,(H2,23,24,25). The van der Waals surface area contributed by atoms with E-state index in [0.29, 0.717) is 75.6 Å². The van der Waals surface area contributed by atoms with Gasteiger partial charge in [0.1, 0.15) is 0 Å². The molecule has 0 atom stereocenters. The van der Waals surface area contributed by atoms with Crippen LogP contribution in [0.5, 0.6) is 0 Å². The molecule has 0 aromatic carbocycles. The largest absolute Gasteiger partial charge is 0.378 e. The molecule has 36 heavy (non-hydrogen) atoms. The van der Waals surface area contributed by atoms with Crippen LogP contribution in [0.4, 0.5) is 11.9 Å². The van der Waals surface area contributed by atoms with Crippen molar-refractivity contribution in [1.29, 1.82) is 0 Å². The number of hydrogen-bond donors (Lipinski definition) is 1. The highest BCUT2D eigenvalue weighted by atomic mass is 32.2. The number of thiophene rings is 1. The SMILES string of the molecule is Cc1cc(-c2nc(-c3cnc(N)nc3)nc(N3CCOCC3)n2)sc1CN1CCN(S(C)(=O)=O)CC1. The molecular weight excluding hydrogens is 502 g/mol. The van der Waals surface area contributed by atoms with Gasteiger partial charge in [-0.15, -0.1) is 11.3 Å². The third-order valence-electron chi connectivity index (χ3n) is 6.26. The van der Waals surface area contributed by atoms with Crippen LogP contribution < -0.4 is 10.6 Å². The number of aromatic nitrogens is 5. The number of anilines is 2. The second-order valence-electron chi connectivity index (χ2n) is 8.87. The fraction of sp³-hybridized carbons (Fsp3) is 0.500. The van der Waals surface area contributed by atoms with Crippen molar-refractivity contribution in [2.24, 2.45) is 0 Å². The van der Waals surface area contributed by atoms with Gasteiger partial charge in [0.15, 0.2) is 11.6 Å². The summed E-state index contributed by atoms with van der Waals surface area (Å²) in [6.45, 7) is 7.92. The van der Waals surface area contributed by atoms with E-state index in [1.807, 2.05) is 0 Å². The summed E-state index contributed by atoms with van der Waals surface area (Å²) in [5, 5.41) is 0. The lowest BCUT2D eigenvalue weighted by Crippen LogP contribution is -2.47. The first-order chi connectivity index (χ1) is 17.3. The van der Waals surface area contributed by atoms with Crippen LogP contribution in [0.25, 0.3) is 22.1 Å². The van der Waals surface area contributed by atoms with Crippen LogP contribution in [0.1, 0.15) is 10.4 Å². The highest BCUT2D eigenvalue weighted by Crippen LogP contribution is 2.32. The van der Waals surface area contributed by atoms with Crippen LogP contribution in [0.2, 0.25) is 0 Å². The molecule has 3 aromatic rings. The van der Waals surface area contributed by atoms with Crippen molar-refractivity contribution in [2.75, 3.05) is 69.4 Å². The number of rotatable bonds is 6. The third-order valence-corrected chi connectivity index (χ3v) is 8.78. The monoisotopic (exact) mass is 531 g/mol. The van der Waals surface area contributed by atoms with E-state index in [0.717, 1.165) is 17.0 Å². The zero-order valence-corrected chi connectivity index (χ0v) is 21.9. The molecule has 0 spiro atoms. The van der Waals surface area contributed by atoms with E-state index in [-0.39, 0.29) is 5.95 Å². The van der Waals surface area contributed by atoms with Crippen molar-refractivity contribution in [3.05, 3.63) is 28.9 Å². The molecule has 2 saturated heterocycles. The number of aryl methyl sites for hydroxylation is 1. The molecule has 0 saturated carbocycles. The van der Waals surface area contributed by atoms with Crippen LogP contribution in [-0.4, -0.2) is 101 Å². The van der Waals surface area contributed by atoms with Gasteiger partial charge in [0.05, 0.1) is 29.9 Å². The quantitative estimate of drug-likeness (QED) is 0.484. The summed E-state index contributed by atoms with van der Waals surface area (Å²) in [4.78, 5) is 29.0. The normalized spacial score (nSPS) is 18.0. The number of morpholine rings is 1. The molecule has 192 valence electrons. The zero-order chi connectivity index (χ0) is 25.3. The third kappa shape index (κ3) is 5.62. The van der Waals surface area contributed by atoms with Crippen LogP contribution in [0, 0.1) is 6.92 Å². The number of nitrogen functional groups attached to an aromatic ring is 1. The number of ether oxygens (including phenoxy) is 1. The predicted molar refractivity (Wildman–Crippen MR) is 138 cm³/mol. The highest BCUT2D eigenvalue weighted by molar-refractivity contribution is 7.88. The van der Waals surface area contributed by atoms with Gasteiger partial charge in [-0.1, -0.05) is 0 Å². The number of hydrogen-bond acceptors (Lipinski definition) is 12. The Bertz CT molecular complexity index is 1320. The van der Waals surface area contributed by atoms with Gasteiger partial charge in [-0.3, -0.25) is 4.90 Å². The van der Waals surface area contributed by atoms with Crippen LogP contribution in [-0.2, 0) is 21.3 Å². The average Bonchev–Trinajstić information content (AvgIpc) is 3.24. The van der Waals surface area contributed by atoms with Gasteiger partial charge in [-0.05, 0) is 18.6 Å². The molecular formula is C22H29N9O3S2. The second-order valence-corrected chi connectivity index (χ2v) is 12.0. The second kappa shape index (κ2) is 10.3. The van der Waals surface area contributed by atoms with E-state index >= 15 is 0 Å². The Balaban J connectivity index is 1.42. The van der Waals surface area contributed by atoms with Gasteiger partial charge in [0.25, 0.3) is 0 Å². The molecule has 5 rings (SSSR count). The molecule has 12 nitrogen and oxygen atoms in total. The summed E-state index contributed by atoms with van der Waals surface area (Å²) >= 11 is 1.65. The summed E-state index contributed by atoms with van der Waals surface area (Å²) < 4.78 is 30.7. The lowest BCUT2D eigenvalue weighted by molar-refractivity contribution is 0.122. The maximum Gasteiger partial charge on any atom is 0.229 e. The molecule has 0 bridgehead atoms. The minimum atomic E-state index is -3.15. The van der Waals surface area contributed by atoms with Crippen molar-refractivity contribution in [3.8, 4) is 22.1 Å². The molecule has 14 heteroatoms. The number of sulfonamides is 1. The molecule has 0 amide bonds. The molecule has 2 fully saturated rings. The maximum atomic E-state index is 11.8. The minimum absolute atomic E-state index is 0.192. The Hall–Kier alpha value is -2.78. The summed E-state index contributed by atoms with van der Waals surface area (Å²) in [5.41, 5.74) is 7.49. The van der Waals surface area contributed by atoms with Crippen molar-refractivity contribution in [2.45, 2.75) is 13.5 Å². The first kappa shape index (κ1) is 24.9. The van der Waals surface area contributed by atoms with Gasteiger partial charge in [-0.25, -0.2) is 23.4 Å². The Morgan fingerprint density at radius 1 is 1.00 bits per heavy atom. The number of nitrogens with zero attached hydrogens (tertiary/aromatic N) is 8. The van der Waals surface area contributed by atoms with Gasteiger partial charge >= 0.3 is 0 Å². The lowest BCUT2D eigenvalue weighted by atomic mass is 10.2. The summed E-state index contributed by atoms with van der Waals surface area (Å²) in [5.74, 6) is 1.88. The molecule has 5 heterocycles. The van der Waals surface area contributed by atoms with Crippen molar-refractivity contribution in [1.82, 2.24) is 34.1 Å². The van der Waals surface area contributed by atoms with Gasteiger partial charge in [0.2, 0.25) is 21.9 Å². The van der Waals surface area contributed by atoms with Gasteiger partial charge in [0, 0.05) is 63.1 Å². The van der Waals surface area contributed by atoms with Crippen molar-refractivity contribution >= 4 is 33.3 Å². The fourth-order valence-electron chi connectivity index (χ4n) is 4.17. The van der Waals surface area contributed by atoms with E-state index in [4.69, 9.17) is 25.4 Å². The number of piperazine rings is 1. The first-order valence-corrected chi connectivity index (χ1v) is 14.4. The Morgan fingerprint density at radius 3 is 2.33 bits per heavy atom. The van der Waals surface area contributed by atoms with Gasteiger partial charge < -0.3 is 15.4 Å². The molecule has 2 aliphatic rings. The number of nitrogens with two attached hydrogens (primary N) is 1. The molecule has 0 aliphatic carbocycles. The molecule has 2 N–H and O–H groups in total. The Labute approximate surface area is 214 Å². The minimum Gasteiger partial charge on any atom is -0.378 e. The van der Waals surface area contributed by atoms with E-state index in [9.17, 15) is 8.42 Å². The molecule has 0 unspecified atom stereocenters. The zero-order valence-electron chi connectivity index (χ0n) is 20.3. The van der Waals surface area contributed by atoms with E-state index in [1.165, 1.54) is 15.4 Å². The van der Waals surface area contributed by atoms with E-state index in [2.05, 4.69) is 32.8 Å². The van der Waals surface area contributed by atoms with Crippen molar-refractivity contribution in [3.63, 3.8) is 0 Å². The molecule has 0 radical (unpaired) electrons. The van der Waals surface area contributed by atoms with Gasteiger partial charge in [-0.2, -0.15) is 14.3 Å². The first-order valence-electron chi connectivity index (χ1n) is 11.7. The van der Waals surface area contributed by atoms with E-state index in [1.54, 1.807) is 23.7 Å². The van der Waals surface area contributed by atoms with E-state index < -0.39 is 10.0 Å². The average molecular weight is 532 g/mol. The Morgan fingerprint density at radius 2 is 1.67 bits per heavy atom. The predicted octanol–water partition coefficient (Wildman–Crippen LogP) is 0.862. The lowest BCUT2D eigenvalue weighted by Gasteiger charge is -2.33. The smallest absolute Gasteiger partial charge is 0.229 e. The van der Waals surface area contributed by atoms with Crippen LogP contribution in [0.3, 0.4) is 0 Å². The molecule has 2 aliphatic heterocycles. The maximum absolute atomic E-state index is 11.8. The summed E-state index contributed by atoms with van der Waals surface area (Å²) in [6.07, 6.45) is 4.50. The van der Waals surface area contributed by atoms with Crippen LogP contribution >= 0.6 is 11.3 Å². The fourth-order valence-corrected chi connectivity index (χ4v) is 6.15. The summed E-state index contributed by atoms with van der Waals surface area (Å²) in [6, 6.07) is 2.11. The molecule has 3 aromatic heterocycles. The topological polar surface area (TPSA) is 144 Å². The van der Waals surface area contributed by atoms with Crippen molar-refractivity contribution < 1.29 is 13.2 Å². The Kier molecular flexibility index (Phi) is 7.12. The summed E-state index contributed by atoms with van der Waals surface area (Å²) in [7, 11) is -3.15. The van der Waals surface area contributed by atoms with Crippen LogP contribution in [0.15, 0.2) is 18.5 Å². The highest BCUT2D eigenvalue weighted by Gasteiger charge is 2.25.